The van der Waals surface area contributed by atoms with Gasteiger partial charge in [-0.2, -0.15) is 5.10 Å². The molecule has 2 aromatic carbocycles. The third kappa shape index (κ3) is 5.73. The molecule has 1 saturated carbocycles. The lowest BCUT2D eigenvalue weighted by Crippen LogP contribution is -2.42. The fourth-order valence-corrected chi connectivity index (χ4v) is 7.81. The van der Waals surface area contributed by atoms with Gasteiger partial charge in [0.25, 0.3) is 0 Å². The van der Waals surface area contributed by atoms with Crippen LogP contribution in [0.1, 0.15) is 68.4 Å². The van der Waals surface area contributed by atoms with Gasteiger partial charge in [0.1, 0.15) is 6.04 Å². The fourth-order valence-electron chi connectivity index (χ4n) is 6.53. The Morgan fingerprint density at radius 3 is 2.44 bits per heavy atom. The van der Waals surface area contributed by atoms with Crippen molar-refractivity contribution in [2.24, 2.45) is 13.0 Å². The summed E-state index contributed by atoms with van der Waals surface area (Å²) < 4.78 is 28.2. The van der Waals surface area contributed by atoms with Gasteiger partial charge in [-0.1, -0.05) is 50.7 Å². The van der Waals surface area contributed by atoms with Gasteiger partial charge in [-0.05, 0) is 66.3 Å². The molecular weight excluding hydrogens is 534 g/mol. The number of amides is 1. The Labute approximate surface area is 241 Å². The van der Waals surface area contributed by atoms with Gasteiger partial charge in [-0.3, -0.25) is 14.5 Å². The van der Waals surface area contributed by atoms with Crippen LogP contribution >= 0.6 is 0 Å². The van der Waals surface area contributed by atoms with Gasteiger partial charge in [-0.15, -0.1) is 0 Å². The Hall–Kier alpha value is -3.72. The number of anilines is 1. The van der Waals surface area contributed by atoms with Crippen LogP contribution in [-0.2, 0) is 28.2 Å². The fraction of sp³-hybridized carbons (Fsp3) is 0.406. The lowest BCUT2D eigenvalue weighted by Gasteiger charge is -2.28. The maximum atomic E-state index is 13.6. The van der Waals surface area contributed by atoms with Crippen molar-refractivity contribution in [1.29, 1.82) is 0 Å². The van der Waals surface area contributed by atoms with E-state index < -0.39 is 9.84 Å². The topological polar surface area (TPSA) is 106 Å². The molecule has 1 aliphatic carbocycles. The number of hydrogen-bond donors (Lipinski definition) is 2. The average molecular weight is 572 g/mol. The zero-order valence-electron chi connectivity index (χ0n) is 23.4. The first-order valence-electron chi connectivity index (χ1n) is 14.7. The Bertz CT molecular complexity index is 1640. The molecule has 6 rings (SSSR count). The number of rotatable bonds is 6. The van der Waals surface area contributed by atoms with Crippen molar-refractivity contribution in [2.75, 3.05) is 5.32 Å². The SMILES string of the molecule is Cn1cc2ccc(S(=O)(=O)c3ccc(CNC(=O)C4Nc5ccncc5C4C4CCCCCCCC4)cc3)cc2n1. The number of sulfone groups is 1. The zero-order valence-corrected chi connectivity index (χ0v) is 24.2. The molecule has 41 heavy (non-hydrogen) atoms. The summed E-state index contributed by atoms with van der Waals surface area (Å²) >= 11 is 0. The molecule has 1 amide bonds. The molecule has 8 nitrogen and oxygen atoms in total. The van der Waals surface area contributed by atoms with Crippen LogP contribution in [0.3, 0.4) is 0 Å². The van der Waals surface area contributed by atoms with Crippen molar-refractivity contribution < 1.29 is 13.2 Å². The number of fused-ring (bicyclic) bond motifs is 2. The molecule has 0 bridgehead atoms. The molecule has 0 saturated heterocycles. The lowest BCUT2D eigenvalue weighted by atomic mass is 9.78. The van der Waals surface area contributed by atoms with Gasteiger partial charge in [0.05, 0.1) is 15.3 Å². The number of benzene rings is 2. The van der Waals surface area contributed by atoms with Crippen LogP contribution in [0, 0.1) is 5.92 Å². The van der Waals surface area contributed by atoms with Gasteiger partial charge >= 0.3 is 0 Å². The zero-order chi connectivity index (χ0) is 28.4. The van der Waals surface area contributed by atoms with Gasteiger partial charge in [0.15, 0.2) is 0 Å². The molecule has 2 aromatic heterocycles. The number of nitrogens with zero attached hydrogens (tertiary/aromatic N) is 3. The standard InChI is InChI=1S/C32H37N5O3S/c1-37-21-24-12-15-26(18-29(24)36-37)41(39,40)25-13-10-22(11-14-25)19-34-32(38)31-30(27-20-33-17-16-28(27)35-31)23-8-6-4-2-3-5-7-9-23/h10-18,20-21,23,30-31,35H,2-9,19H2,1H3,(H,34,38). The molecule has 0 radical (unpaired) electrons. The van der Waals surface area contributed by atoms with Gasteiger partial charge in [0.2, 0.25) is 15.7 Å². The summed E-state index contributed by atoms with van der Waals surface area (Å²) in [7, 11) is -1.88. The van der Waals surface area contributed by atoms with E-state index >= 15 is 0 Å². The molecule has 3 heterocycles. The van der Waals surface area contributed by atoms with Crippen molar-refractivity contribution in [3.8, 4) is 0 Å². The number of nitrogens with one attached hydrogen (secondary N) is 2. The summed E-state index contributed by atoms with van der Waals surface area (Å²) in [6.45, 7) is 0.323. The van der Waals surface area contributed by atoms with E-state index in [1.807, 2.05) is 25.5 Å². The third-order valence-electron chi connectivity index (χ3n) is 8.68. The second-order valence-corrected chi connectivity index (χ2v) is 13.4. The van der Waals surface area contributed by atoms with E-state index in [1.54, 1.807) is 53.3 Å². The molecule has 1 fully saturated rings. The smallest absolute Gasteiger partial charge is 0.243 e. The molecule has 2 aliphatic rings. The maximum absolute atomic E-state index is 13.6. The number of pyridine rings is 1. The van der Waals surface area contributed by atoms with Crippen molar-refractivity contribution in [1.82, 2.24) is 20.1 Å². The van der Waals surface area contributed by atoms with Crippen LogP contribution in [0.15, 0.2) is 76.9 Å². The van der Waals surface area contributed by atoms with Crippen molar-refractivity contribution in [3.05, 3.63) is 78.2 Å². The molecule has 9 heteroatoms. The van der Waals surface area contributed by atoms with Crippen LogP contribution in [0.4, 0.5) is 5.69 Å². The van der Waals surface area contributed by atoms with Crippen molar-refractivity contribution >= 4 is 32.3 Å². The third-order valence-corrected chi connectivity index (χ3v) is 10.4. The Kier molecular flexibility index (Phi) is 7.79. The van der Waals surface area contributed by atoms with E-state index in [4.69, 9.17) is 0 Å². The van der Waals surface area contributed by atoms with E-state index in [-0.39, 0.29) is 27.7 Å². The van der Waals surface area contributed by atoms with Crippen molar-refractivity contribution in [2.45, 2.75) is 79.7 Å². The van der Waals surface area contributed by atoms with E-state index in [9.17, 15) is 13.2 Å². The normalized spacial score (nSPS) is 20.0. The summed E-state index contributed by atoms with van der Waals surface area (Å²) in [6, 6.07) is 13.4. The number of aryl methyl sites for hydroxylation is 1. The highest BCUT2D eigenvalue weighted by atomic mass is 32.2. The van der Waals surface area contributed by atoms with E-state index in [2.05, 4.69) is 20.7 Å². The monoisotopic (exact) mass is 571 g/mol. The summed E-state index contributed by atoms with van der Waals surface area (Å²) in [5.41, 5.74) is 3.63. The molecule has 2 N–H and O–H groups in total. The quantitative estimate of drug-likeness (QED) is 0.306. The molecule has 1 aliphatic heterocycles. The van der Waals surface area contributed by atoms with E-state index in [0.717, 1.165) is 35.0 Å². The van der Waals surface area contributed by atoms with Crippen LogP contribution in [0.2, 0.25) is 0 Å². The summed E-state index contributed by atoms with van der Waals surface area (Å²) in [6.07, 6.45) is 15.4. The Balaban J connectivity index is 1.15. The van der Waals surface area contributed by atoms with Gasteiger partial charge < -0.3 is 10.6 Å². The predicted octanol–water partition coefficient (Wildman–Crippen LogP) is 5.75. The van der Waals surface area contributed by atoms with E-state index in [0.29, 0.717) is 18.0 Å². The minimum absolute atomic E-state index is 0.0357. The van der Waals surface area contributed by atoms with Gasteiger partial charge in [-0.25, -0.2) is 8.42 Å². The first kappa shape index (κ1) is 27.4. The minimum Gasteiger partial charge on any atom is -0.373 e. The average Bonchev–Trinajstić information content (AvgIpc) is 3.58. The first-order valence-corrected chi connectivity index (χ1v) is 16.1. The van der Waals surface area contributed by atoms with E-state index in [1.165, 1.54) is 38.5 Å². The van der Waals surface area contributed by atoms with Crippen LogP contribution < -0.4 is 10.6 Å². The summed E-state index contributed by atoms with van der Waals surface area (Å²) in [5.74, 6) is 0.504. The van der Waals surface area contributed by atoms with Gasteiger partial charge in [0, 0.05) is 49.2 Å². The number of carbonyl (C=O) groups excluding carboxylic acids is 1. The Morgan fingerprint density at radius 1 is 0.976 bits per heavy atom. The summed E-state index contributed by atoms with van der Waals surface area (Å²) in [5, 5.41) is 11.8. The minimum atomic E-state index is -3.69. The first-order chi connectivity index (χ1) is 19.9. The van der Waals surface area contributed by atoms with Crippen LogP contribution in [0.25, 0.3) is 10.9 Å². The highest BCUT2D eigenvalue weighted by molar-refractivity contribution is 7.91. The molecule has 0 spiro atoms. The highest BCUT2D eigenvalue weighted by Crippen LogP contribution is 2.44. The number of aromatic nitrogens is 3. The lowest BCUT2D eigenvalue weighted by molar-refractivity contribution is -0.122. The largest absolute Gasteiger partial charge is 0.373 e. The molecule has 214 valence electrons. The second kappa shape index (κ2) is 11.6. The number of carbonyl (C=O) groups is 1. The molecule has 4 aromatic rings. The maximum Gasteiger partial charge on any atom is 0.243 e. The predicted molar refractivity (Wildman–Crippen MR) is 159 cm³/mol. The Morgan fingerprint density at radius 2 is 1.68 bits per heavy atom. The van der Waals surface area contributed by atoms with Crippen LogP contribution in [0.5, 0.6) is 0 Å². The highest BCUT2D eigenvalue weighted by Gasteiger charge is 2.41. The van der Waals surface area contributed by atoms with Crippen molar-refractivity contribution in [3.63, 3.8) is 0 Å². The van der Waals surface area contributed by atoms with Crippen LogP contribution in [-0.4, -0.2) is 35.1 Å². The number of hydrogen-bond acceptors (Lipinski definition) is 6. The second-order valence-electron chi connectivity index (χ2n) is 11.5. The molecular formula is C32H37N5O3S. The summed E-state index contributed by atoms with van der Waals surface area (Å²) in [4.78, 5) is 18.4. The molecule has 2 unspecified atom stereocenters. The molecule has 2 atom stereocenters.